The van der Waals surface area contributed by atoms with E-state index in [0.29, 0.717) is 12.5 Å². The van der Waals surface area contributed by atoms with E-state index in [2.05, 4.69) is 20.9 Å². The van der Waals surface area contributed by atoms with Gasteiger partial charge in [0.2, 0.25) is 5.91 Å². The number of nitrogens with one attached hydrogen (secondary N) is 1. The Morgan fingerprint density at radius 2 is 1.96 bits per heavy atom. The maximum Gasteiger partial charge on any atom is 0.227 e. The summed E-state index contributed by atoms with van der Waals surface area (Å²) in [7, 11) is 1.94. The van der Waals surface area contributed by atoms with E-state index in [1.54, 1.807) is 0 Å². The molecular formula is C21H24N4O. The second-order valence-corrected chi connectivity index (χ2v) is 6.95. The molecule has 0 aliphatic carbocycles. The monoisotopic (exact) mass is 348 g/mol. The number of carbonyl (C=O) groups excluding carboxylic acids is 1. The van der Waals surface area contributed by atoms with Crippen LogP contribution >= 0.6 is 0 Å². The molecule has 2 aromatic heterocycles. The third kappa shape index (κ3) is 3.29. The molecule has 1 saturated heterocycles. The molecule has 1 aliphatic rings. The van der Waals surface area contributed by atoms with E-state index in [0.717, 1.165) is 48.2 Å². The fraction of sp³-hybridized carbons (Fsp3) is 0.333. The highest BCUT2D eigenvalue weighted by Crippen LogP contribution is 2.22. The van der Waals surface area contributed by atoms with Crippen molar-refractivity contribution < 1.29 is 4.79 Å². The van der Waals surface area contributed by atoms with Crippen LogP contribution in [0.3, 0.4) is 0 Å². The molecule has 26 heavy (non-hydrogen) atoms. The normalized spacial score (nSPS) is 15.3. The Kier molecular flexibility index (Phi) is 4.61. The molecule has 5 heteroatoms. The Hall–Kier alpha value is -2.82. The molecule has 1 aliphatic heterocycles. The molecule has 4 rings (SSSR count). The molecule has 3 aromatic rings. The maximum atomic E-state index is 12.8. The van der Waals surface area contributed by atoms with Gasteiger partial charge in [0.15, 0.2) is 0 Å². The molecular weight excluding hydrogens is 324 g/mol. The number of benzene rings is 1. The Balaban J connectivity index is 1.37. The van der Waals surface area contributed by atoms with Gasteiger partial charge in [-0.1, -0.05) is 24.3 Å². The van der Waals surface area contributed by atoms with Crippen LogP contribution in [0, 0.1) is 0 Å². The smallest absolute Gasteiger partial charge is 0.227 e. The van der Waals surface area contributed by atoms with Crippen LogP contribution in [0.25, 0.3) is 10.9 Å². The number of para-hydroxylation sites is 1. The summed E-state index contributed by atoms with van der Waals surface area (Å²) in [5.74, 6) is 1.21. The fourth-order valence-electron chi connectivity index (χ4n) is 3.79. The number of H-pyrrole nitrogens is 1. The molecule has 0 saturated carbocycles. The van der Waals surface area contributed by atoms with Gasteiger partial charge in [0, 0.05) is 49.5 Å². The third-order valence-corrected chi connectivity index (χ3v) is 5.40. The number of amides is 1. The summed E-state index contributed by atoms with van der Waals surface area (Å²) in [6.07, 6.45) is 6.19. The molecule has 0 bridgehead atoms. The van der Waals surface area contributed by atoms with Crippen molar-refractivity contribution in [2.75, 3.05) is 25.0 Å². The van der Waals surface area contributed by atoms with Crippen LogP contribution in [0.2, 0.25) is 0 Å². The number of hydrogen-bond acceptors (Lipinski definition) is 3. The molecule has 0 atom stereocenters. The zero-order valence-electron chi connectivity index (χ0n) is 15.1. The predicted octanol–water partition coefficient (Wildman–Crippen LogP) is 3.23. The maximum absolute atomic E-state index is 12.8. The number of fused-ring (bicyclic) bond motifs is 1. The lowest BCUT2D eigenvalue weighted by atomic mass is 10.0. The van der Waals surface area contributed by atoms with E-state index in [-0.39, 0.29) is 5.91 Å². The zero-order chi connectivity index (χ0) is 17.9. The van der Waals surface area contributed by atoms with E-state index < -0.39 is 0 Å². The van der Waals surface area contributed by atoms with E-state index in [1.165, 1.54) is 0 Å². The first-order valence-electron chi connectivity index (χ1n) is 9.19. The van der Waals surface area contributed by atoms with Crippen molar-refractivity contribution in [2.45, 2.75) is 25.3 Å². The number of aromatic nitrogens is 2. The van der Waals surface area contributed by atoms with Crippen molar-refractivity contribution in [2.24, 2.45) is 0 Å². The van der Waals surface area contributed by atoms with Crippen molar-refractivity contribution in [3.05, 3.63) is 60.4 Å². The van der Waals surface area contributed by atoms with E-state index in [4.69, 9.17) is 0 Å². The van der Waals surface area contributed by atoms with Crippen LogP contribution in [0.4, 0.5) is 5.82 Å². The molecule has 1 N–H and O–H groups in total. The Morgan fingerprint density at radius 1 is 1.19 bits per heavy atom. The number of hydrogen-bond donors (Lipinski definition) is 1. The van der Waals surface area contributed by atoms with Gasteiger partial charge in [-0.05, 0) is 36.6 Å². The minimum absolute atomic E-state index is 0.186. The highest BCUT2D eigenvalue weighted by molar-refractivity contribution is 5.88. The number of pyridine rings is 1. The van der Waals surface area contributed by atoms with Crippen LogP contribution in [0.15, 0.2) is 54.9 Å². The average Bonchev–Trinajstić information content (AvgIpc) is 3.11. The SMILES string of the molecule is CN(C(=O)Cc1c[nH]c2ccccc12)C1CCN(c2ccccn2)CC1. The summed E-state index contributed by atoms with van der Waals surface area (Å²) >= 11 is 0. The number of anilines is 1. The summed E-state index contributed by atoms with van der Waals surface area (Å²) in [5.41, 5.74) is 2.16. The second kappa shape index (κ2) is 7.20. The summed E-state index contributed by atoms with van der Waals surface area (Å²) in [4.78, 5) is 24.7. The van der Waals surface area contributed by atoms with Crippen LogP contribution in [-0.4, -0.2) is 47.0 Å². The minimum atomic E-state index is 0.186. The van der Waals surface area contributed by atoms with E-state index >= 15 is 0 Å². The summed E-state index contributed by atoms with van der Waals surface area (Å²) < 4.78 is 0. The van der Waals surface area contributed by atoms with Gasteiger partial charge in [-0.25, -0.2) is 4.98 Å². The van der Waals surface area contributed by atoms with Gasteiger partial charge in [-0.3, -0.25) is 4.79 Å². The second-order valence-electron chi connectivity index (χ2n) is 6.95. The van der Waals surface area contributed by atoms with Crippen LogP contribution in [-0.2, 0) is 11.2 Å². The van der Waals surface area contributed by atoms with Crippen molar-refractivity contribution in [3.8, 4) is 0 Å². The standard InChI is InChI=1S/C21H24N4O/c1-24(17-9-12-25(13-10-17)20-8-4-5-11-22-20)21(26)14-16-15-23-19-7-3-2-6-18(16)19/h2-8,11,15,17,23H,9-10,12-14H2,1H3. The number of likely N-dealkylation sites (N-methyl/N-ethyl adjacent to an activating group) is 1. The molecule has 0 radical (unpaired) electrons. The predicted molar refractivity (Wildman–Crippen MR) is 104 cm³/mol. The molecule has 134 valence electrons. The summed E-state index contributed by atoms with van der Waals surface area (Å²) in [5, 5.41) is 1.14. The number of nitrogens with zero attached hydrogens (tertiary/aromatic N) is 3. The Labute approximate surface area is 153 Å². The quantitative estimate of drug-likeness (QED) is 0.787. The van der Waals surface area contributed by atoms with Crippen molar-refractivity contribution in [3.63, 3.8) is 0 Å². The van der Waals surface area contributed by atoms with Gasteiger partial charge in [-0.15, -0.1) is 0 Å². The van der Waals surface area contributed by atoms with Crippen molar-refractivity contribution in [1.82, 2.24) is 14.9 Å². The highest BCUT2D eigenvalue weighted by atomic mass is 16.2. The number of piperidine rings is 1. The summed E-state index contributed by atoms with van der Waals surface area (Å²) in [6.45, 7) is 1.87. The van der Waals surface area contributed by atoms with Crippen LogP contribution in [0.1, 0.15) is 18.4 Å². The van der Waals surface area contributed by atoms with Gasteiger partial charge >= 0.3 is 0 Å². The summed E-state index contributed by atoms with van der Waals surface area (Å²) in [6, 6.07) is 14.4. The van der Waals surface area contributed by atoms with E-state index in [9.17, 15) is 4.79 Å². The Morgan fingerprint density at radius 3 is 2.73 bits per heavy atom. The van der Waals surface area contributed by atoms with Crippen molar-refractivity contribution >= 4 is 22.6 Å². The largest absolute Gasteiger partial charge is 0.361 e. The van der Waals surface area contributed by atoms with E-state index in [1.807, 2.05) is 60.7 Å². The van der Waals surface area contributed by atoms with Crippen LogP contribution < -0.4 is 4.90 Å². The van der Waals surface area contributed by atoms with Gasteiger partial charge in [0.1, 0.15) is 5.82 Å². The fourth-order valence-corrected chi connectivity index (χ4v) is 3.79. The lowest BCUT2D eigenvalue weighted by Crippen LogP contribution is -2.46. The first-order chi connectivity index (χ1) is 12.7. The van der Waals surface area contributed by atoms with Crippen LogP contribution in [0.5, 0.6) is 0 Å². The van der Waals surface area contributed by atoms with Gasteiger partial charge in [-0.2, -0.15) is 0 Å². The topological polar surface area (TPSA) is 52.2 Å². The molecule has 1 fully saturated rings. The minimum Gasteiger partial charge on any atom is -0.361 e. The lowest BCUT2D eigenvalue weighted by molar-refractivity contribution is -0.131. The Bertz CT molecular complexity index is 881. The van der Waals surface area contributed by atoms with Gasteiger partial charge in [0.25, 0.3) is 0 Å². The molecule has 1 amide bonds. The molecule has 1 aromatic carbocycles. The lowest BCUT2D eigenvalue weighted by Gasteiger charge is -2.37. The first-order valence-corrected chi connectivity index (χ1v) is 9.19. The third-order valence-electron chi connectivity index (χ3n) is 5.40. The van der Waals surface area contributed by atoms with Crippen molar-refractivity contribution in [1.29, 1.82) is 0 Å². The number of aromatic amines is 1. The highest BCUT2D eigenvalue weighted by Gasteiger charge is 2.26. The molecule has 3 heterocycles. The van der Waals surface area contributed by atoms with Gasteiger partial charge in [0.05, 0.1) is 6.42 Å². The average molecular weight is 348 g/mol. The number of carbonyl (C=O) groups is 1. The molecule has 5 nitrogen and oxygen atoms in total. The van der Waals surface area contributed by atoms with Gasteiger partial charge < -0.3 is 14.8 Å². The zero-order valence-corrected chi connectivity index (χ0v) is 15.1. The number of rotatable bonds is 4. The first kappa shape index (κ1) is 16.6. The molecule has 0 unspecified atom stereocenters. The molecule has 0 spiro atoms.